The number of hydrogen-bond donors (Lipinski definition) is 0. The van der Waals surface area contributed by atoms with Crippen molar-refractivity contribution in [1.82, 2.24) is 0 Å². The van der Waals surface area contributed by atoms with E-state index in [1.165, 1.54) is 0 Å². The summed E-state index contributed by atoms with van der Waals surface area (Å²) >= 11 is 2.65. The van der Waals surface area contributed by atoms with Gasteiger partial charge in [0.25, 0.3) is 0 Å². The molecule has 0 nitrogen and oxygen atoms in total. The van der Waals surface area contributed by atoms with Crippen molar-refractivity contribution in [2.45, 2.75) is 0 Å². The van der Waals surface area contributed by atoms with Crippen molar-refractivity contribution in [3.05, 3.63) is 12.7 Å². The average molecular weight is 119 g/mol. The SMILES string of the molecule is C=CC=[Se]. The fourth-order valence-electron chi connectivity index (χ4n) is 0. The molecule has 0 rings (SSSR count). The summed E-state index contributed by atoms with van der Waals surface area (Å²) in [6, 6.07) is 0. The van der Waals surface area contributed by atoms with Gasteiger partial charge in [0.05, 0.1) is 0 Å². The molecule has 0 atom stereocenters. The number of allylic oxidation sites excluding steroid dienone is 1. The van der Waals surface area contributed by atoms with E-state index < -0.39 is 0 Å². The van der Waals surface area contributed by atoms with E-state index in [0.29, 0.717) is 0 Å². The van der Waals surface area contributed by atoms with E-state index in [9.17, 15) is 0 Å². The van der Waals surface area contributed by atoms with Crippen LogP contribution in [0.1, 0.15) is 0 Å². The maximum atomic E-state index is 3.39. The van der Waals surface area contributed by atoms with E-state index >= 15 is 0 Å². The van der Waals surface area contributed by atoms with Gasteiger partial charge in [0.1, 0.15) is 0 Å². The fourth-order valence-corrected chi connectivity index (χ4v) is 0. The van der Waals surface area contributed by atoms with Gasteiger partial charge >= 0.3 is 33.2 Å². The Morgan fingerprint density at radius 1 is 1.75 bits per heavy atom. The molecular weight excluding hydrogens is 115 g/mol. The number of rotatable bonds is 1. The van der Waals surface area contributed by atoms with Crippen LogP contribution in [-0.4, -0.2) is 20.5 Å². The predicted molar refractivity (Wildman–Crippen MR) is 22.0 cm³/mol. The minimum atomic E-state index is 1.69. The molecule has 0 unspecified atom stereocenters. The van der Waals surface area contributed by atoms with Crippen LogP contribution in [-0.2, 0) is 0 Å². The molecule has 0 saturated heterocycles. The van der Waals surface area contributed by atoms with E-state index in [4.69, 9.17) is 0 Å². The van der Waals surface area contributed by atoms with Crippen molar-refractivity contribution >= 4 is 20.5 Å². The van der Waals surface area contributed by atoms with Gasteiger partial charge in [0.15, 0.2) is 0 Å². The summed E-state index contributed by atoms with van der Waals surface area (Å²) in [5, 5.41) is 0. The van der Waals surface area contributed by atoms with Crippen LogP contribution >= 0.6 is 0 Å². The van der Waals surface area contributed by atoms with Crippen LogP contribution in [0.2, 0.25) is 0 Å². The molecule has 0 aliphatic heterocycles. The molecule has 0 aromatic rings. The van der Waals surface area contributed by atoms with Crippen LogP contribution in [0.5, 0.6) is 0 Å². The molecule has 0 aliphatic rings. The van der Waals surface area contributed by atoms with Gasteiger partial charge in [-0.1, -0.05) is 0 Å². The Labute approximate surface area is 33.9 Å². The van der Waals surface area contributed by atoms with E-state index in [-0.39, 0.29) is 0 Å². The van der Waals surface area contributed by atoms with Gasteiger partial charge in [0, 0.05) is 0 Å². The summed E-state index contributed by atoms with van der Waals surface area (Å²) in [5.74, 6) is 0. The van der Waals surface area contributed by atoms with Gasteiger partial charge in [-0.25, -0.2) is 0 Å². The molecule has 0 amide bonds. The topological polar surface area (TPSA) is 0 Å². The third-order valence-corrected chi connectivity index (χ3v) is 0.500. The molecular formula is C3H4Se. The van der Waals surface area contributed by atoms with Gasteiger partial charge in [-0.05, 0) is 0 Å². The first-order valence-electron chi connectivity index (χ1n) is 0.977. The molecule has 0 spiro atoms. The van der Waals surface area contributed by atoms with Gasteiger partial charge in [-0.15, -0.1) is 0 Å². The van der Waals surface area contributed by atoms with Crippen molar-refractivity contribution in [2.24, 2.45) is 0 Å². The normalized spacial score (nSPS) is 5.00. The van der Waals surface area contributed by atoms with Crippen LogP contribution < -0.4 is 0 Å². The quantitative estimate of drug-likeness (QED) is 0.431. The monoisotopic (exact) mass is 120 g/mol. The Bertz CT molecular complexity index is 24.3. The minimum absolute atomic E-state index is 1.69. The molecule has 0 aliphatic carbocycles. The summed E-state index contributed by atoms with van der Waals surface area (Å²) in [7, 11) is 0. The van der Waals surface area contributed by atoms with Gasteiger partial charge in [0.2, 0.25) is 0 Å². The molecule has 0 N–H and O–H groups in total. The first-order chi connectivity index (χ1) is 1.91. The molecule has 1 heteroatoms. The van der Waals surface area contributed by atoms with Crippen LogP contribution in [0, 0.1) is 0 Å². The zero-order chi connectivity index (χ0) is 3.41. The van der Waals surface area contributed by atoms with E-state index in [1.54, 1.807) is 11.0 Å². The summed E-state index contributed by atoms with van der Waals surface area (Å²) in [4.78, 5) is 1.76. The zero-order valence-corrected chi connectivity index (χ0v) is 3.98. The van der Waals surface area contributed by atoms with Crippen LogP contribution in [0.25, 0.3) is 0 Å². The maximum absolute atomic E-state index is 3.39. The summed E-state index contributed by atoms with van der Waals surface area (Å²) in [6.07, 6.45) is 1.69. The second-order valence-corrected chi connectivity index (χ2v) is 0.943. The average Bonchev–Trinajstić information content (AvgIpc) is 1.37. The molecule has 22 valence electrons. The third kappa shape index (κ3) is 2.13. The Balaban J connectivity index is 2.73. The molecule has 4 heavy (non-hydrogen) atoms. The molecule has 0 radical (unpaired) electrons. The van der Waals surface area contributed by atoms with Crippen molar-refractivity contribution in [2.75, 3.05) is 0 Å². The first kappa shape index (κ1) is 4.13. The van der Waals surface area contributed by atoms with Gasteiger partial charge < -0.3 is 0 Å². The number of hydrogen-bond acceptors (Lipinski definition) is 0. The van der Waals surface area contributed by atoms with Crippen LogP contribution in [0.4, 0.5) is 0 Å². The predicted octanol–water partition coefficient (Wildman–Crippen LogP) is 0.143. The van der Waals surface area contributed by atoms with Crippen molar-refractivity contribution in [3.63, 3.8) is 0 Å². The molecule has 0 saturated carbocycles. The molecule has 0 heterocycles. The third-order valence-electron chi connectivity index (χ3n) is 0.0962. The molecule has 0 aromatic heterocycles. The first-order valence-corrected chi connectivity index (χ1v) is 1.97. The summed E-state index contributed by atoms with van der Waals surface area (Å²) in [6.45, 7) is 3.39. The van der Waals surface area contributed by atoms with E-state index in [1.807, 2.05) is 0 Å². The molecule has 0 aromatic carbocycles. The van der Waals surface area contributed by atoms with Crippen molar-refractivity contribution in [1.29, 1.82) is 0 Å². The van der Waals surface area contributed by atoms with Crippen molar-refractivity contribution < 1.29 is 0 Å². The van der Waals surface area contributed by atoms with Crippen LogP contribution in [0.15, 0.2) is 12.7 Å². The van der Waals surface area contributed by atoms with Crippen LogP contribution in [0.3, 0.4) is 0 Å². The summed E-state index contributed by atoms with van der Waals surface area (Å²) < 4.78 is 0. The summed E-state index contributed by atoms with van der Waals surface area (Å²) in [5.41, 5.74) is 0. The second-order valence-electron chi connectivity index (χ2n) is 0.372. The Morgan fingerprint density at radius 2 is 2.00 bits per heavy atom. The Hall–Kier alpha value is 0.129. The van der Waals surface area contributed by atoms with E-state index in [0.717, 1.165) is 0 Å². The Kier molecular flexibility index (Phi) is 3.23. The van der Waals surface area contributed by atoms with Gasteiger partial charge in [-0.2, -0.15) is 0 Å². The second kappa shape index (κ2) is 3.13. The van der Waals surface area contributed by atoms with E-state index in [2.05, 4.69) is 22.2 Å². The van der Waals surface area contributed by atoms with Crippen molar-refractivity contribution in [3.8, 4) is 0 Å². The standard InChI is InChI=1S/C3H4Se/c1-2-3-4/h2-3H,1H2. The fraction of sp³-hybridized carbons (Fsp3) is 0. The molecule has 0 bridgehead atoms. The molecule has 0 fully saturated rings. The zero-order valence-electron chi connectivity index (χ0n) is 2.27. The van der Waals surface area contributed by atoms with Gasteiger partial charge in [-0.3, -0.25) is 0 Å². The Morgan fingerprint density at radius 3 is 2.00 bits per heavy atom.